The molecule has 4 heteroatoms. The van der Waals surface area contributed by atoms with E-state index in [9.17, 15) is 0 Å². The molecule has 2 nitrogen and oxygen atoms in total. The molecule has 2 atom stereocenters. The molecule has 18 heavy (non-hydrogen) atoms. The number of nitrogens with two attached hydrogens (primary N) is 1. The molecule has 1 heterocycles. The molecule has 2 unspecified atom stereocenters. The van der Waals surface area contributed by atoms with E-state index < -0.39 is 0 Å². The van der Waals surface area contributed by atoms with Crippen LogP contribution in [0.1, 0.15) is 25.3 Å². The highest BCUT2D eigenvalue weighted by molar-refractivity contribution is 9.10. The topological polar surface area (TPSA) is 29.3 Å². The van der Waals surface area contributed by atoms with Gasteiger partial charge in [0, 0.05) is 23.6 Å². The van der Waals surface area contributed by atoms with E-state index >= 15 is 0 Å². The first-order valence-corrected chi connectivity index (χ1v) is 7.17. The molecule has 0 aliphatic carbocycles. The Morgan fingerprint density at radius 1 is 1.50 bits per heavy atom. The minimum atomic E-state index is 0. The Morgan fingerprint density at radius 3 is 2.94 bits per heavy atom. The van der Waals surface area contributed by atoms with Crippen molar-refractivity contribution in [2.24, 2.45) is 11.7 Å². The van der Waals surface area contributed by atoms with Crippen LogP contribution < -0.4 is 5.73 Å². The third kappa shape index (κ3) is 4.54. The third-order valence-electron chi connectivity index (χ3n) is 3.58. The highest BCUT2D eigenvalue weighted by atomic mass is 79.9. The summed E-state index contributed by atoms with van der Waals surface area (Å²) in [6, 6.07) is 8.90. The van der Waals surface area contributed by atoms with E-state index in [4.69, 9.17) is 5.73 Å². The van der Waals surface area contributed by atoms with Crippen LogP contribution in [-0.4, -0.2) is 24.0 Å². The number of hydrogen-bond acceptors (Lipinski definition) is 2. The summed E-state index contributed by atoms with van der Waals surface area (Å²) in [5, 5.41) is 0. The van der Waals surface area contributed by atoms with Crippen LogP contribution in [0, 0.1) is 5.92 Å². The number of nitrogens with zero attached hydrogens (tertiary/aromatic N) is 1. The maximum Gasteiger partial charge on any atom is 0.0234 e. The summed E-state index contributed by atoms with van der Waals surface area (Å²) in [4.78, 5) is 2.53. The van der Waals surface area contributed by atoms with Crippen molar-refractivity contribution in [2.75, 3.05) is 13.1 Å². The number of piperidine rings is 1. The van der Waals surface area contributed by atoms with Gasteiger partial charge in [-0.05, 0) is 49.9 Å². The lowest BCUT2D eigenvalue weighted by molar-refractivity contribution is 0.154. The largest absolute Gasteiger partial charge is 0.328 e. The minimum absolute atomic E-state index is 0. The van der Waals surface area contributed by atoms with Crippen LogP contribution in [0.3, 0.4) is 0 Å². The molecule has 0 saturated carbocycles. The molecule has 0 aromatic heterocycles. The molecular formula is C14H22BrClN2. The lowest BCUT2D eigenvalue weighted by Gasteiger charge is -2.34. The van der Waals surface area contributed by atoms with E-state index in [0.717, 1.165) is 17.6 Å². The van der Waals surface area contributed by atoms with Crippen molar-refractivity contribution < 1.29 is 0 Å². The first-order valence-electron chi connectivity index (χ1n) is 6.37. The Hall–Kier alpha value is -0.0900. The third-order valence-corrected chi connectivity index (χ3v) is 4.07. The summed E-state index contributed by atoms with van der Waals surface area (Å²) >= 11 is 3.52. The zero-order valence-electron chi connectivity index (χ0n) is 10.8. The molecule has 0 bridgehead atoms. The van der Waals surface area contributed by atoms with E-state index in [-0.39, 0.29) is 12.4 Å². The molecule has 1 fully saturated rings. The van der Waals surface area contributed by atoms with Crippen LogP contribution in [0.25, 0.3) is 0 Å². The SMILES string of the molecule is CC(N)C1CCCN(Cc2cccc(Br)c2)C1.Cl. The van der Waals surface area contributed by atoms with E-state index in [1.807, 2.05) is 0 Å². The first-order chi connectivity index (χ1) is 8.15. The molecule has 102 valence electrons. The Labute approximate surface area is 124 Å². The van der Waals surface area contributed by atoms with E-state index in [1.54, 1.807) is 0 Å². The lowest BCUT2D eigenvalue weighted by atomic mass is 9.92. The van der Waals surface area contributed by atoms with Crippen LogP contribution in [0.2, 0.25) is 0 Å². The van der Waals surface area contributed by atoms with Crippen LogP contribution >= 0.6 is 28.3 Å². The van der Waals surface area contributed by atoms with Gasteiger partial charge in [0.15, 0.2) is 0 Å². The van der Waals surface area contributed by atoms with E-state index in [2.05, 4.69) is 52.0 Å². The van der Waals surface area contributed by atoms with Crippen LogP contribution in [0.5, 0.6) is 0 Å². The van der Waals surface area contributed by atoms with Crippen molar-refractivity contribution in [3.05, 3.63) is 34.3 Å². The fourth-order valence-corrected chi connectivity index (χ4v) is 3.00. The van der Waals surface area contributed by atoms with Crippen LogP contribution in [0.4, 0.5) is 0 Å². The highest BCUT2D eigenvalue weighted by Gasteiger charge is 2.22. The maximum atomic E-state index is 6.01. The van der Waals surface area contributed by atoms with Gasteiger partial charge in [-0.25, -0.2) is 0 Å². The van der Waals surface area contributed by atoms with Gasteiger partial charge in [0.25, 0.3) is 0 Å². The average molecular weight is 334 g/mol. The van der Waals surface area contributed by atoms with Gasteiger partial charge in [0.2, 0.25) is 0 Å². The van der Waals surface area contributed by atoms with E-state index in [0.29, 0.717) is 12.0 Å². The van der Waals surface area contributed by atoms with Crippen LogP contribution in [0.15, 0.2) is 28.7 Å². The Balaban J connectivity index is 0.00000162. The number of hydrogen-bond donors (Lipinski definition) is 1. The molecule has 0 amide bonds. The number of benzene rings is 1. The van der Waals surface area contributed by atoms with Crippen molar-refractivity contribution in [3.63, 3.8) is 0 Å². The molecule has 2 N–H and O–H groups in total. The fourth-order valence-electron chi connectivity index (χ4n) is 2.56. The maximum absolute atomic E-state index is 6.01. The zero-order valence-corrected chi connectivity index (χ0v) is 13.2. The quantitative estimate of drug-likeness (QED) is 0.918. The molecular weight excluding hydrogens is 312 g/mol. The number of rotatable bonds is 3. The Bertz CT molecular complexity index is 371. The summed E-state index contributed by atoms with van der Waals surface area (Å²) in [5.74, 6) is 0.663. The standard InChI is InChI=1S/C14H21BrN2.ClH/c1-11(16)13-5-3-7-17(10-13)9-12-4-2-6-14(15)8-12;/h2,4,6,8,11,13H,3,5,7,9-10,16H2,1H3;1H. The monoisotopic (exact) mass is 332 g/mol. The molecule has 1 aromatic carbocycles. The Morgan fingerprint density at radius 2 is 2.28 bits per heavy atom. The van der Waals surface area contributed by atoms with E-state index in [1.165, 1.54) is 24.9 Å². The van der Waals surface area contributed by atoms with Gasteiger partial charge >= 0.3 is 0 Å². The summed E-state index contributed by atoms with van der Waals surface area (Å²) in [6.07, 6.45) is 2.56. The molecule has 1 aliphatic rings. The first kappa shape index (κ1) is 16.0. The molecule has 2 rings (SSSR count). The number of halogens is 2. The average Bonchev–Trinajstić information content (AvgIpc) is 2.29. The molecule has 1 aliphatic heterocycles. The zero-order chi connectivity index (χ0) is 12.3. The van der Waals surface area contributed by atoms with Gasteiger partial charge in [-0.15, -0.1) is 12.4 Å². The number of likely N-dealkylation sites (tertiary alicyclic amines) is 1. The molecule has 0 spiro atoms. The van der Waals surface area contributed by atoms with Gasteiger partial charge in [-0.2, -0.15) is 0 Å². The molecule has 1 saturated heterocycles. The van der Waals surface area contributed by atoms with Gasteiger partial charge in [-0.1, -0.05) is 28.1 Å². The van der Waals surface area contributed by atoms with Crippen LogP contribution in [-0.2, 0) is 6.54 Å². The minimum Gasteiger partial charge on any atom is -0.328 e. The van der Waals surface area contributed by atoms with Crippen molar-refractivity contribution in [1.82, 2.24) is 4.90 Å². The van der Waals surface area contributed by atoms with Crippen molar-refractivity contribution >= 4 is 28.3 Å². The Kier molecular flexibility index (Phi) is 6.64. The van der Waals surface area contributed by atoms with Gasteiger partial charge in [0.05, 0.1) is 0 Å². The lowest BCUT2D eigenvalue weighted by Crippen LogP contribution is -2.41. The van der Waals surface area contributed by atoms with Gasteiger partial charge in [-0.3, -0.25) is 4.90 Å². The summed E-state index contributed by atoms with van der Waals surface area (Å²) < 4.78 is 1.16. The summed E-state index contributed by atoms with van der Waals surface area (Å²) in [5.41, 5.74) is 7.39. The normalized spacial score (nSPS) is 22.3. The molecule has 1 aromatic rings. The second-order valence-corrected chi connectivity index (χ2v) is 6.04. The second-order valence-electron chi connectivity index (χ2n) is 5.13. The molecule has 0 radical (unpaired) electrons. The second kappa shape index (κ2) is 7.49. The fraction of sp³-hybridized carbons (Fsp3) is 0.571. The van der Waals surface area contributed by atoms with Crippen molar-refractivity contribution in [2.45, 2.75) is 32.4 Å². The van der Waals surface area contributed by atoms with Crippen molar-refractivity contribution in [1.29, 1.82) is 0 Å². The van der Waals surface area contributed by atoms with Gasteiger partial charge < -0.3 is 5.73 Å². The summed E-state index contributed by atoms with van der Waals surface area (Å²) in [6.45, 7) is 5.52. The van der Waals surface area contributed by atoms with Gasteiger partial charge in [0.1, 0.15) is 0 Å². The van der Waals surface area contributed by atoms with Crippen molar-refractivity contribution in [3.8, 4) is 0 Å². The highest BCUT2D eigenvalue weighted by Crippen LogP contribution is 2.21. The predicted molar refractivity (Wildman–Crippen MR) is 83.0 cm³/mol. The smallest absolute Gasteiger partial charge is 0.0234 e. The summed E-state index contributed by atoms with van der Waals surface area (Å²) in [7, 11) is 0. The predicted octanol–water partition coefficient (Wildman–Crippen LogP) is 3.43.